The van der Waals surface area contributed by atoms with Gasteiger partial charge in [-0.2, -0.15) is 13.2 Å². The Morgan fingerprint density at radius 3 is 2.70 bits per heavy atom. The highest BCUT2D eigenvalue weighted by Crippen LogP contribution is 2.36. The van der Waals surface area contributed by atoms with Crippen molar-refractivity contribution in [1.82, 2.24) is 9.88 Å². The lowest BCUT2D eigenvalue weighted by atomic mass is 10.0. The minimum Gasteiger partial charge on any atom is -0.438 e. The van der Waals surface area contributed by atoms with Crippen molar-refractivity contribution in [3.8, 4) is 11.1 Å². The maximum atomic E-state index is 13.0. The number of aromatic nitrogens is 1. The largest absolute Gasteiger partial charge is 0.438 e. The zero-order valence-electron chi connectivity index (χ0n) is 16.9. The summed E-state index contributed by atoms with van der Waals surface area (Å²) in [7, 11) is 0. The molecule has 2 aromatic carbocycles. The van der Waals surface area contributed by atoms with Gasteiger partial charge in [0.15, 0.2) is 5.58 Å². The van der Waals surface area contributed by atoms with Gasteiger partial charge in [0, 0.05) is 13.0 Å². The van der Waals surface area contributed by atoms with Crippen molar-refractivity contribution in [2.75, 3.05) is 6.54 Å². The van der Waals surface area contributed by atoms with Gasteiger partial charge in [0.25, 0.3) is 0 Å². The van der Waals surface area contributed by atoms with E-state index in [1.165, 1.54) is 6.07 Å². The first-order valence-electron chi connectivity index (χ1n) is 10.1. The van der Waals surface area contributed by atoms with Crippen LogP contribution in [0.2, 0.25) is 0 Å². The van der Waals surface area contributed by atoms with Gasteiger partial charge >= 0.3 is 6.18 Å². The molecule has 1 aliphatic heterocycles. The van der Waals surface area contributed by atoms with Crippen LogP contribution in [0.15, 0.2) is 46.9 Å². The summed E-state index contributed by atoms with van der Waals surface area (Å²) in [6.45, 7) is 4.71. The van der Waals surface area contributed by atoms with Gasteiger partial charge in [-0.15, -0.1) is 0 Å². The van der Waals surface area contributed by atoms with Crippen LogP contribution in [0, 0.1) is 5.92 Å². The molecule has 1 amide bonds. The molecule has 30 heavy (non-hydrogen) atoms. The summed E-state index contributed by atoms with van der Waals surface area (Å²) in [4.78, 5) is 19.0. The molecule has 0 spiro atoms. The summed E-state index contributed by atoms with van der Waals surface area (Å²) in [6, 6.07) is 10.2. The van der Waals surface area contributed by atoms with Gasteiger partial charge in [-0.25, -0.2) is 4.98 Å². The third-order valence-corrected chi connectivity index (χ3v) is 5.37. The predicted octanol–water partition coefficient (Wildman–Crippen LogP) is 6.22. The summed E-state index contributed by atoms with van der Waals surface area (Å²) in [5.74, 6) is 0.859. The molecular weight excluding hydrogens is 393 g/mol. The monoisotopic (exact) mass is 416 g/mol. The Labute approximate surface area is 172 Å². The van der Waals surface area contributed by atoms with E-state index in [0.29, 0.717) is 41.1 Å². The second-order valence-electron chi connectivity index (χ2n) is 8.16. The fourth-order valence-electron chi connectivity index (χ4n) is 3.93. The number of nitrogens with zero attached hydrogens (tertiary/aromatic N) is 2. The lowest BCUT2D eigenvalue weighted by Gasteiger charge is -2.23. The number of hydrogen-bond acceptors (Lipinski definition) is 3. The van der Waals surface area contributed by atoms with Crippen LogP contribution in [0.25, 0.3) is 22.2 Å². The van der Waals surface area contributed by atoms with Gasteiger partial charge in [-0.3, -0.25) is 4.79 Å². The molecule has 0 aliphatic carbocycles. The van der Waals surface area contributed by atoms with Gasteiger partial charge in [0.05, 0.1) is 5.56 Å². The molecule has 0 N–H and O–H groups in total. The fraction of sp³-hybridized carbons (Fsp3) is 0.391. The van der Waals surface area contributed by atoms with E-state index in [-0.39, 0.29) is 17.9 Å². The number of amides is 1. The minimum absolute atomic E-state index is 0.0967. The van der Waals surface area contributed by atoms with Crippen molar-refractivity contribution in [2.45, 2.75) is 45.3 Å². The van der Waals surface area contributed by atoms with Gasteiger partial charge in [-0.1, -0.05) is 32.0 Å². The number of carbonyl (C=O) groups excluding carboxylic acids is 1. The van der Waals surface area contributed by atoms with E-state index < -0.39 is 11.7 Å². The summed E-state index contributed by atoms with van der Waals surface area (Å²) < 4.78 is 45.0. The molecule has 1 saturated heterocycles. The number of likely N-dealkylation sites (tertiary alicyclic amines) is 1. The van der Waals surface area contributed by atoms with Crippen molar-refractivity contribution in [2.24, 2.45) is 5.92 Å². The number of alkyl halides is 3. The van der Waals surface area contributed by atoms with Crippen molar-refractivity contribution >= 4 is 17.0 Å². The van der Waals surface area contributed by atoms with E-state index in [4.69, 9.17) is 4.42 Å². The Hall–Kier alpha value is -2.83. The Bertz CT molecular complexity index is 1070. The molecule has 1 aliphatic rings. The first-order valence-corrected chi connectivity index (χ1v) is 10.1. The van der Waals surface area contributed by atoms with Crippen LogP contribution in [0.5, 0.6) is 0 Å². The van der Waals surface area contributed by atoms with E-state index in [2.05, 4.69) is 4.98 Å². The standard InChI is InChI=1S/C23H23F3N2O2/c1-14(2)11-21(29)28-10-4-7-19(28)22-27-18-13-16(8-9-20(18)30-22)15-5-3-6-17(12-15)23(24,25)26/h3,5-6,8-9,12-14,19H,4,7,10-11H2,1-2H3. The number of oxazole rings is 1. The van der Waals surface area contributed by atoms with Crippen LogP contribution < -0.4 is 0 Å². The zero-order chi connectivity index (χ0) is 21.5. The SMILES string of the molecule is CC(C)CC(=O)N1CCCC1c1nc2cc(-c3cccc(C(F)(F)F)c3)ccc2o1. The summed E-state index contributed by atoms with van der Waals surface area (Å²) >= 11 is 0. The molecule has 1 fully saturated rings. The molecule has 0 bridgehead atoms. The first-order chi connectivity index (χ1) is 14.2. The number of carbonyl (C=O) groups is 1. The predicted molar refractivity (Wildman–Crippen MR) is 108 cm³/mol. The summed E-state index contributed by atoms with van der Waals surface area (Å²) in [5.41, 5.74) is 1.54. The third-order valence-electron chi connectivity index (χ3n) is 5.37. The summed E-state index contributed by atoms with van der Waals surface area (Å²) in [5, 5.41) is 0. The van der Waals surface area contributed by atoms with Crippen molar-refractivity contribution in [3.63, 3.8) is 0 Å². The molecule has 3 aromatic rings. The number of halogens is 3. The Morgan fingerprint density at radius 1 is 1.20 bits per heavy atom. The van der Waals surface area contributed by atoms with Crippen LogP contribution in [0.3, 0.4) is 0 Å². The highest BCUT2D eigenvalue weighted by Gasteiger charge is 2.34. The average Bonchev–Trinajstić information content (AvgIpc) is 3.33. The number of hydrogen-bond donors (Lipinski definition) is 0. The maximum Gasteiger partial charge on any atom is 0.416 e. The second kappa shape index (κ2) is 7.78. The molecule has 1 unspecified atom stereocenters. The van der Waals surface area contributed by atoms with Crippen LogP contribution in [-0.2, 0) is 11.0 Å². The smallest absolute Gasteiger partial charge is 0.416 e. The van der Waals surface area contributed by atoms with Crippen LogP contribution in [0.4, 0.5) is 13.2 Å². The highest BCUT2D eigenvalue weighted by molar-refractivity contribution is 5.81. The fourth-order valence-corrected chi connectivity index (χ4v) is 3.93. The molecule has 2 heterocycles. The van der Waals surface area contributed by atoms with E-state index in [0.717, 1.165) is 25.0 Å². The first kappa shape index (κ1) is 20.4. The van der Waals surface area contributed by atoms with E-state index >= 15 is 0 Å². The minimum atomic E-state index is -4.39. The van der Waals surface area contributed by atoms with Crippen LogP contribution >= 0.6 is 0 Å². The van der Waals surface area contributed by atoms with Crippen LogP contribution in [0.1, 0.15) is 50.6 Å². The van der Waals surface area contributed by atoms with Gasteiger partial charge in [-0.05, 0) is 54.2 Å². The second-order valence-corrected chi connectivity index (χ2v) is 8.16. The number of fused-ring (bicyclic) bond motifs is 1. The molecule has 0 saturated carbocycles. The number of rotatable bonds is 4. The maximum absolute atomic E-state index is 13.0. The summed E-state index contributed by atoms with van der Waals surface area (Å²) in [6.07, 6.45) is -2.23. The lowest BCUT2D eigenvalue weighted by Crippen LogP contribution is -2.31. The van der Waals surface area contributed by atoms with E-state index in [1.807, 2.05) is 18.7 Å². The van der Waals surface area contributed by atoms with E-state index in [1.54, 1.807) is 24.3 Å². The van der Waals surface area contributed by atoms with Gasteiger partial charge in [0.1, 0.15) is 11.6 Å². The van der Waals surface area contributed by atoms with Crippen molar-refractivity contribution < 1.29 is 22.4 Å². The zero-order valence-corrected chi connectivity index (χ0v) is 16.9. The average molecular weight is 416 g/mol. The molecule has 158 valence electrons. The quantitative estimate of drug-likeness (QED) is 0.507. The molecule has 0 radical (unpaired) electrons. The molecule has 1 atom stereocenters. The molecule has 4 rings (SSSR count). The molecular formula is C23H23F3N2O2. The number of benzene rings is 2. The molecule has 7 heteroatoms. The Balaban J connectivity index is 1.64. The van der Waals surface area contributed by atoms with E-state index in [9.17, 15) is 18.0 Å². The van der Waals surface area contributed by atoms with Gasteiger partial charge < -0.3 is 9.32 Å². The molecule has 4 nitrogen and oxygen atoms in total. The van der Waals surface area contributed by atoms with Crippen molar-refractivity contribution in [3.05, 3.63) is 53.9 Å². The van der Waals surface area contributed by atoms with Crippen molar-refractivity contribution in [1.29, 1.82) is 0 Å². The normalized spacial score (nSPS) is 17.3. The van der Waals surface area contributed by atoms with Crippen LogP contribution in [-0.4, -0.2) is 22.3 Å². The Morgan fingerprint density at radius 2 is 1.97 bits per heavy atom. The highest BCUT2D eigenvalue weighted by atomic mass is 19.4. The van der Waals surface area contributed by atoms with Gasteiger partial charge in [0.2, 0.25) is 11.8 Å². The molecule has 1 aromatic heterocycles. The Kier molecular flexibility index (Phi) is 5.30. The third kappa shape index (κ3) is 4.06. The lowest BCUT2D eigenvalue weighted by molar-refractivity contribution is -0.137. The topological polar surface area (TPSA) is 46.3 Å².